The number of pyridine rings is 1. The summed E-state index contributed by atoms with van der Waals surface area (Å²) >= 11 is 1.80. The van der Waals surface area contributed by atoms with Gasteiger partial charge in [-0.3, -0.25) is 0 Å². The molecule has 0 spiro atoms. The summed E-state index contributed by atoms with van der Waals surface area (Å²) < 4.78 is 0. The Morgan fingerprint density at radius 2 is 2.05 bits per heavy atom. The quantitative estimate of drug-likeness (QED) is 0.756. The lowest BCUT2D eigenvalue weighted by Gasteiger charge is -2.08. The van der Waals surface area contributed by atoms with Crippen LogP contribution < -0.4 is 5.32 Å². The van der Waals surface area contributed by atoms with Crippen LogP contribution in [0, 0.1) is 13.8 Å². The summed E-state index contributed by atoms with van der Waals surface area (Å²) in [5.41, 5.74) is 1.33. The van der Waals surface area contributed by atoms with Gasteiger partial charge in [0, 0.05) is 21.3 Å². The summed E-state index contributed by atoms with van der Waals surface area (Å²) in [7, 11) is 0. The molecule has 20 heavy (non-hydrogen) atoms. The van der Waals surface area contributed by atoms with Crippen molar-refractivity contribution < 1.29 is 5.11 Å². The number of nitrogens with zero attached hydrogens (tertiary/aromatic N) is 1. The molecular weight excluding hydrogens is 268 g/mol. The topological polar surface area (TPSA) is 45.2 Å². The fourth-order valence-electron chi connectivity index (χ4n) is 2.20. The molecule has 3 rings (SSSR count). The molecule has 2 aromatic heterocycles. The minimum atomic E-state index is 0.261. The van der Waals surface area contributed by atoms with Gasteiger partial charge in [0.1, 0.15) is 11.6 Å². The molecule has 0 aliphatic carbocycles. The zero-order chi connectivity index (χ0) is 14.1. The molecule has 0 unspecified atom stereocenters. The van der Waals surface area contributed by atoms with Crippen LogP contribution in [0.25, 0.3) is 10.8 Å². The van der Waals surface area contributed by atoms with Crippen molar-refractivity contribution in [3.63, 3.8) is 0 Å². The Balaban J connectivity index is 1.89. The van der Waals surface area contributed by atoms with Gasteiger partial charge in [0.25, 0.3) is 0 Å². The number of anilines is 1. The number of aromatic nitrogens is 1. The Bertz CT molecular complexity index is 745. The number of hydrogen-bond donors (Lipinski definition) is 2. The summed E-state index contributed by atoms with van der Waals surface area (Å²) in [4.78, 5) is 7.02. The maximum absolute atomic E-state index is 9.63. The zero-order valence-corrected chi connectivity index (χ0v) is 12.3. The molecule has 2 heterocycles. The average Bonchev–Trinajstić information content (AvgIpc) is 2.75. The van der Waals surface area contributed by atoms with Crippen molar-refractivity contribution in [3.8, 4) is 5.75 Å². The third-order valence-corrected chi connectivity index (χ3v) is 4.55. The molecular formula is C16H16N2OS. The van der Waals surface area contributed by atoms with Crippen LogP contribution in [0.4, 0.5) is 5.82 Å². The highest BCUT2D eigenvalue weighted by Gasteiger charge is 2.05. The fraction of sp³-hybridized carbons (Fsp3) is 0.188. The molecule has 0 amide bonds. The molecule has 3 nitrogen and oxygen atoms in total. The fourth-order valence-corrected chi connectivity index (χ4v) is 3.20. The molecule has 0 atom stereocenters. The lowest BCUT2D eigenvalue weighted by atomic mass is 10.1. The van der Waals surface area contributed by atoms with Crippen LogP contribution in [0.5, 0.6) is 5.75 Å². The Hall–Kier alpha value is -2.07. The largest absolute Gasteiger partial charge is 0.508 e. The molecule has 3 aromatic rings. The van der Waals surface area contributed by atoms with Crippen LogP contribution in [0.2, 0.25) is 0 Å². The van der Waals surface area contributed by atoms with E-state index in [0.29, 0.717) is 0 Å². The first kappa shape index (κ1) is 12.9. The van der Waals surface area contributed by atoms with E-state index in [0.717, 1.165) is 23.1 Å². The number of benzene rings is 1. The lowest BCUT2D eigenvalue weighted by Crippen LogP contribution is -2.00. The molecule has 0 aliphatic rings. The lowest BCUT2D eigenvalue weighted by molar-refractivity contribution is 0.476. The Morgan fingerprint density at radius 1 is 1.20 bits per heavy atom. The number of thiophene rings is 1. The van der Waals surface area contributed by atoms with E-state index in [2.05, 4.69) is 30.2 Å². The summed E-state index contributed by atoms with van der Waals surface area (Å²) in [5.74, 6) is 1.07. The van der Waals surface area contributed by atoms with Gasteiger partial charge < -0.3 is 10.4 Å². The third kappa shape index (κ3) is 2.47. The Labute approximate surface area is 121 Å². The molecule has 1 aromatic carbocycles. The SMILES string of the molecule is Cc1cc(CNc2nccc3ccc(O)cc23)sc1C. The second kappa shape index (κ2) is 5.13. The molecule has 0 saturated heterocycles. The average molecular weight is 284 g/mol. The highest BCUT2D eigenvalue weighted by Crippen LogP contribution is 2.26. The second-order valence-electron chi connectivity index (χ2n) is 4.87. The maximum Gasteiger partial charge on any atom is 0.134 e. The maximum atomic E-state index is 9.63. The molecule has 0 saturated carbocycles. The van der Waals surface area contributed by atoms with Crippen LogP contribution >= 0.6 is 11.3 Å². The van der Waals surface area contributed by atoms with Crippen molar-refractivity contribution >= 4 is 27.9 Å². The minimum absolute atomic E-state index is 0.261. The van der Waals surface area contributed by atoms with Gasteiger partial charge >= 0.3 is 0 Å². The molecule has 4 heteroatoms. The molecule has 0 fully saturated rings. The minimum Gasteiger partial charge on any atom is -0.508 e. The number of rotatable bonds is 3. The second-order valence-corrected chi connectivity index (χ2v) is 6.21. The predicted molar refractivity (Wildman–Crippen MR) is 84.5 cm³/mol. The van der Waals surface area contributed by atoms with Crippen molar-refractivity contribution in [2.75, 3.05) is 5.32 Å². The summed E-state index contributed by atoms with van der Waals surface area (Å²) in [5, 5.41) is 15.0. The van der Waals surface area contributed by atoms with Gasteiger partial charge in [-0.2, -0.15) is 0 Å². The zero-order valence-electron chi connectivity index (χ0n) is 11.5. The number of aromatic hydroxyl groups is 1. The van der Waals surface area contributed by atoms with E-state index in [1.807, 2.05) is 12.1 Å². The third-order valence-electron chi connectivity index (χ3n) is 3.40. The van der Waals surface area contributed by atoms with E-state index >= 15 is 0 Å². The van der Waals surface area contributed by atoms with Gasteiger partial charge in [0.15, 0.2) is 0 Å². The first-order valence-corrected chi connectivity index (χ1v) is 7.32. The van der Waals surface area contributed by atoms with E-state index in [4.69, 9.17) is 0 Å². The molecule has 2 N–H and O–H groups in total. The number of hydrogen-bond acceptors (Lipinski definition) is 4. The number of aryl methyl sites for hydroxylation is 2. The summed E-state index contributed by atoms with van der Waals surface area (Å²) in [6, 6.07) is 9.49. The highest BCUT2D eigenvalue weighted by molar-refractivity contribution is 7.12. The standard InChI is InChI=1S/C16H16N2OS/c1-10-7-14(20-11(10)2)9-18-16-15-8-13(19)4-3-12(15)5-6-17-16/h3-8,19H,9H2,1-2H3,(H,17,18). The van der Waals surface area contributed by atoms with Gasteiger partial charge in [-0.05, 0) is 49.1 Å². The monoisotopic (exact) mass is 284 g/mol. The molecule has 102 valence electrons. The number of phenolic OH excluding ortho intramolecular Hbond substituents is 1. The van der Waals surface area contributed by atoms with Crippen molar-refractivity contribution in [3.05, 3.63) is 51.8 Å². The van der Waals surface area contributed by atoms with Gasteiger partial charge in [0.2, 0.25) is 0 Å². The van der Waals surface area contributed by atoms with Gasteiger partial charge in [-0.15, -0.1) is 11.3 Å². The van der Waals surface area contributed by atoms with Crippen molar-refractivity contribution in [1.29, 1.82) is 0 Å². The van der Waals surface area contributed by atoms with Gasteiger partial charge in [-0.1, -0.05) is 6.07 Å². The van der Waals surface area contributed by atoms with E-state index in [9.17, 15) is 5.11 Å². The van der Waals surface area contributed by atoms with Crippen molar-refractivity contribution in [1.82, 2.24) is 4.98 Å². The first-order valence-electron chi connectivity index (χ1n) is 6.51. The van der Waals surface area contributed by atoms with Crippen LogP contribution in [0.3, 0.4) is 0 Å². The van der Waals surface area contributed by atoms with Crippen LogP contribution in [-0.4, -0.2) is 10.1 Å². The van der Waals surface area contributed by atoms with Crippen LogP contribution in [-0.2, 0) is 6.54 Å². The summed E-state index contributed by atoms with van der Waals surface area (Å²) in [6.45, 7) is 5.02. The van der Waals surface area contributed by atoms with Crippen molar-refractivity contribution in [2.45, 2.75) is 20.4 Å². The van der Waals surface area contributed by atoms with Gasteiger partial charge in [-0.25, -0.2) is 4.98 Å². The van der Waals surface area contributed by atoms with Crippen LogP contribution in [0.1, 0.15) is 15.3 Å². The molecule has 0 radical (unpaired) electrons. The van der Waals surface area contributed by atoms with E-state index < -0.39 is 0 Å². The predicted octanol–water partition coefficient (Wildman–Crippen LogP) is 4.23. The smallest absolute Gasteiger partial charge is 0.134 e. The Kier molecular flexibility index (Phi) is 3.32. The van der Waals surface area contributed by atoms with E-state index in [1.165, 1.54) is 15.3 Å². The van der Waals surface area contributed by atoms with E-state index in [-0.39, 0.29) is 5.75 Å². The normalized spacial score (nSPS) is 10.9. The number of fused-ring (bicyclic) bond motifs is 1. The first-order chi connectivity index (χ1) is 9.63. The highest BCUT2D eigenvalue weighted by atomic mass is 32.1. The number of phenols is 1. The van der Waals surface area contributed by atoms with Crippen molar-refractivity contribution in [2.24, 2.45) is 0 Å². The van der Waals surface area contributed by atoms with E-state index in [1.54, 1.807) is 29.7 Å². The number of nitrogens with one attached hydrogen (secondary N) is 1. The Morgan fingerprint density at radius 3 is 2.80 bits per heavy atom. The molecule has 0 bridgehead atoms. The van der Waals surface area contributed by atoms with Crippen LogP contribution in [0.15, 0.2) is 36.5 Å². The summed E-state index contributed by atoms with van der Waals surface area (Å²) in [6.07, 6.45) is 1.78. The van der Waals surface area contributed by atoms with Gasteiger partial charge in [0.05, 0.1) is 6.54 Å². The molecule has 0 aliphatic heterocycles.